The first-order valence-electron chi connectivity index (χ1n) is 6.08. The number of aromatic nitrogens is 1. The average Bonchev–Trinajstić information content (AvgIpc) is 3.08. The lowest BCUT2D eigenvalue weighted by Gasteiger charge is -2.15. The minimum Gasteiger partial charge on any atom is -0.392 e. The summed E-state index contributed by atoms with van der Waals surface area (Å²) in [6.45, 7) is 1.84. The average molecular weight is 272 g/mol. The summed E-state index contributed by atoms with van der Waals surface area (Å²) in [5, 5.41) is 12.5. The number of carbonyl (C=O) groups is 1. The molecule has 100 valence electrons. The monoisotopic (exact) mass is 271 g/mol. The Morgan fingerprint density at radius 2 is 2.39 bits per heavy atom. The van der Waals surface area contributed by atoms with Crippen molar-refractivity contribution in [1.29, 1.82) is 0 Å². The number of hydrogen-bond acceptors (Lipinski definition) is 3. The lowest BCUT2D eigenvalue weighted by Crippen LogP contribution is -2.44. The predicted octanol–water partition coefficient (Wildman–Crippen LogP) is 0.914. The number of hydrogen-bond donors (Lipinski definition) is 3. The summed E-state index contributed by atoms with van der Waals surface area (Å²) >= 11 is 5.93. The number of halogens is 1. The number of nitrogens with one attached hydrogen (secondary N) is 1. The zero-order chi connectivity index (χ0) is 13.3. The summed E-state index contributed by atoms with van der Waals surface area (Å²) in [6, 6.07) is 1.58. The number of carbonyl (C=O) groups excluding carboxylic acids is 1. The first kappa shape index (κ1) is 13.4. The van der Waals surface area contributed by atoms with Gasteiger partial charge in [-0.05, 0) is 25.8 Å². The van der Waals surface area contributed by atoms with Crippen molar-refractivity contribution >= 4 is 17.5 Å². The molecule has 1 amide bonds. The van der Waals surface area contributed by atoms with Crippen LogP contribution in [0.5, 0.6) is 0 Å². The second kappa shape index (κ2) is 5.30. The molecular weight excluding hydrogens is 254 g/mol. The fourth-order valence-electron chi connectivity index (χ4n) is 1.75. The number of aliphatic hydroxyl groups excluding tert-OH is 1. The van der Waals surface area contributed by atoms with E-state index in [1.54, 1.807) is 19.2 Å². The van der Waals surface area contributed by atoms with Gasteiger partial charge in [-0.15, -0.1) is 0 Å². The summed E-state index contributed by atoms with van der Waals surface area (Å²) in [7, 11) is 0. The van der Waals surface area contributed by atoms with E-state index in [0.717, 1.165) is 12.8 Å². The zero-order valence-corrected chi connectivity index (χ0v) is 11.0. The van der Waals surface area contributed by atoms with Gasteiger partial charge in [0.15, 0.2) is 0 Å². The van der Waals surface area contributed by atoms with Crippen LogP contribution in [0, 0.1) is 0 Å². The standard InChI is InChI=1S/C12H18ClN3O2/c1-7(17)10(14)5-15-12(18)11-4-8(13)6-16(11)9-2-3-9/h4,6-7,9-10,17H,2-3,5,14H2,1H3,(H,15,18). The normalized spacial score (nSPS) is 18.4. The smallest absolute Gasteiger partial charge is 0.268 e. The predicted molar refractivity (Wildman–Crippen MR) is 69.7 cm³/mol. The van der Waals surface area contributed by atoms with Gasteiger partial charge in [0.25, 0.3) is 5.91 Å². The molecule has 0 spiro atoms. The van der Waals surface area contributed by atoms with Crippen molar-refractivity contribution in [2.45, 2.75) is 38.0 Å². The lowest BCUT2D eigenvalue weighted by atomic mass is 10.2. The van der Waals surface area contributed by atoms with Crippen LogP contribution >= 0.6 is 11.6 Å². The quantitative estimate of drug-likeness (QED) is 0.745. The van der Waals surface area contributed by atoms with Gasteiger partial charge in [-0.3, -0.25) is 4.79 Å². The third-order valence-corrected chi connectivity index (χ3v) is 3.31. The summed E-state index contributed by atoms with van der Waals surface area (Å²) in [4.78, 5) is 12.0. The second-order valence-electron chi connectivity index (χ2n) is 4.80. The maximum atomic E-state index is 12.0. The van der Waals surface area contributed by atoms with Gasteiger partial charge in [0, 0.05) is 24.8 Å². The van der Waals surface area contributed by atoms with Crippen LogP contribution in [0.1, 0.15) is 36.3 Å². The van der Waals surface area contributed by atoms with Crippen molar-refractivity contribution in [3.05, 3.63) is 23.0 Å². The van der Waals surface area contributed by atoms with E-state index in [1.165, 1.54) is 0 Å². The van der Waals surface area contributed by atoms with Crippen molar-refractivity contribution in [1.82, 2.24) is 9.88 Å². The van der Waals surface area contributed by atoms with Gasteiger partial charge in [-0.25, -0.2) is 0 Å². The zero-order valence-electron chi connectivity index (χ0n) is 10.3. The molecule has 1 fully saturated rings. The Kier molecular flexibility index (Phi) is 3.94. The number of nitrogens with zero attached hydrogens (tertiary/aromatic N) is 1. The van der Waals surface area contributed by atoms with Crippen LogP contribution in [-0.2, 0) is 0 Å². The Bertz CT molecular complexity index is 441. The van der Waals surface area contributed by atoms with Gasteiger partial charge in [-0.2, -0.15) is 0 Å². The van der Waals surface area contributed by atoms with E-state index in [9.17, 15) is 9.90 Å². The van der Waals surface area contributed by atoms with Gasteiger partial charge in [-0.1, -0.05) is 11.6 Å². The fourth-order valence-corrected chi connectivity index (χ4v) is 1.96. The Balaban J connectivity index is 2.00. The molecule has 0 bridgehead atoms. The molecule has 6 heteroatoms. The second-order valence-corrected chi connectivity index (χ2v) is 5.23. The molecule has 1 aromatic heterocycles. The summed E-state index contributed by atoms with van der Waals surface area (Å²) in [5.41, 5.74) is 6.22. The minimum atomic E-state index is -0.649. The molecule has 0 saturated heterocycles. The van der Waals surface area contributed by atoms with Gasteiger partial charge in [0.2, 0.25) is 0 Å². The van der Waals surface area contributed by atoms with E-state index in [-0.39, 0.29) is 12.5 Å². The van der Waals surface area contributed by atoms with Crippen molar-refractivity contribution in [2.24, 2.45) is 5.73 Å². The molecule has 0 aromatic carbocycles. The van der Waals surface area contributed by atoms with E-state index in [0.29, 0.717) is 16.8 Å². The largest absolute Gasteiger partial charge is 0.392 e. The molecular formula is C12H18ClN3O2. The highest BCUT2D eigenvalue weighted by Gasteiger charge is 2.27. The van der Waals surface area contributed by atoms with Crippen molar-refractivity contribution in [3.63, 3.8) is 0 Å². The number of aliphatic hydroxyl groups is 1. The van der Waals surface area contributed by atoms with Gasteiger partial charge >= 0.3 is 0 Å². The molecule has 1 aliphatic rings. The number of amides is 1. The van der Waals surface area contributed by atoms with E-state index in [2.05, 4.69) is 5.32 Å². The molecule has 2 rings (SSSR count). The summed E-state index contributed by atoms with van der Waals surface area (Å²) < 4.78 is 1.91. The Morgan fingerprint density at radius 3 is 2.94 bits per heavy atom. The first-order valence-corrected chi connectivity index (χ1v) is 6.46. The topological polar surface area (TPSA) is 80.3 Å². The van der Waals surface area contributed by atoms with E-state index < -0.39 is 12.1 Å². The third kappa shape index (κ3) is 3.04. The number of rotatable bonds is 5. The molecule has 1 aliphatic carbocycles. The van der Waals surface area contributed by atoms with Crippen molar-refractivity contribution < 1.29 is 9.90 Å². The fraction of sp³-hybridized carbons (Fsp3) is 0.583. The lowest BCUT2D eigenvalue weighted by molar-refractivity contribution is 0.0928. The molecule has 5 nitrogen and oxygen atoms in total. The highest BCUT2D eigenvalue weighted by Crippen LogP contribution is 2.37. The van der Waals surface area contributed by atoms with Crippen LogP contribution in [0.4, 0.5) is 0 Å². The van der Waals surface area contributed by atoms with E-state index in [4.69, 9.17) is 17.3 Å². The molecule has 1 aromatic rings. The Hall–Kier alpha value is -1.04. The summed E-state index contributed by atoms with van der Waals surface area (Å²) in [5.74, 6) is -0.204. The number of nitrogens with two attached hydrogens (primary N) is 1. The third-order valence-electron chi connectivity index (χ3n) is 3.11. The molecule has 2 unspecified atom stereocenters. The highest BCUT2D eigenvalue weighted by molar-refractivity contribution is 6.31. The van der Waals surface area contributed by atoms with Crippen molar-refractivity contribution in [2.75, 3.05) is 6.54 Å². The first-order chi connectivity index (χ1) is 8.49. The molecule has 0 aliphatic heterocycles. The molecule has 2 atom stereocenters. The Labute approximate surface area is 111 Å². The minimum absolute atomic E-state index is 0.204. The molecule has 4 N–H and O–H groups in total. The van der Waals surface area contributed by atoms with Crippen LogP contribution < -0.4 is 11.1 Å². The van der Waals surface area contributed by atoms with Crippen LogP contribution in [0.15, 0.2) is 12.3 Å². The van der Waals surface area contributed by atoms with Crippen LogP contribution in [0.3, 0.4) is 0 Å². The van der Waals surface area contributed by atoms with E-state index in [1.807, 2.05) is 4.57 Å². The van der Waals surface area contributed by atoms with Crippen LogP contribution in [0.2, 0.25) is 5.02 Å². The molecule has 1 heterocycles. The maximum Gasteiger partial charge on any atom is 0.268 e. The van der Waals surface area contributed by atoms with Gasteiger partial charge in [0.05, 0.1) is 11.1 Å². The van der Waals surface area contributed by atoms with Crippen LogP contribution in [0.25, 0.3) is 0 Å². The van der Waals surface area contributed by atoms with Crippen molar-refractivity contribution in [3.8, 4) is 0 Å². The maximum absolute atomic E-state index is 12.0. The molecule has 1 saturated carbocycles. The summed E-state index contributed by atoms with van der Waals surface area (Å²) in [6.07, 6.45) is 3.30. The Morgan fingerprint density at radius 1 is 1.72 bits per heavy atom. The van der Waals surface area contributed by atoms with E-state index >= 15 is 0 Å². The van der Waals surface area contributed by atoms with Gasteiger partial charge in [0.1, 0.15) is 5.69 Å². The molecule has 0 radical (unpaired) electrons. The van der Waals surface area contributed by atoms with Crippen LogP contribution in [-0.4, -0.2) is 34.3 Å². The van der Waals surface area contributed by atoms with Gasteiger partial charge < -0.3 is 20.7 Å². The molecule has 18 heavy (non-hydrogen) atoms. The highest BCUT2D eigenvalue weighted by atomic mass is 35.5. The SMILES string of the molecule is CC(O)C(N)CNC(=O)c1cc(Cl)cn1C1CC1.